The van der Waals surface area contributed by atoms with Crippen molar-refractivity contribution in [2.45, 2.75) is 4.90 Å². The fourth-order valence-corrected chi connectivity index (χ4v) is 4.25. The number of nitrogens with zero attached hydrogens (tertiary/aromatic N) is 4. The topological polar surface area (TPSA) is 129 Å². The maximum atomic E-state index is 12.5. The third kappa shape index (κ3) is 4.32. The van der Waals surface area contributed by atoms with Gasteiger partial charge in [-0.25, -0.2) is 8.42 Å². The lowest BCUT2D eigenvalue weighted by molar-refractivity contribution is 0.480. The first-order valence-electron chi connectivity index (χ1n) is 7.26. The van der Waals surface area contributed by atoms with E-state index in [0.717, 1.165) is 17.4 Å². The monoisotopic (exact) mass is 451 g/mol. The van der Waals surface area contributed by atoms with Crippen molar-refractivity contribution < 1.29 is 13.2 Å². The van der Waals surface area contributed by atoms with Crippen molar-refractivity contribution in [3.63, 3.8) is 0 Å². The summed E-state index contributed by atoms with van der Waals surface area (Å²) in [5, 5.41) is 25.6. The van der Waals surface area contributed by atoms with Crippen LogP contribution < -0.4 is 9.46 Å². The van der Waals surface area contributed by atoms with Gasteiger partial charge in [-0.05, 0) is 41.9 Å². The van der Waals surface area contributed by atoms with Crippen LogP contribution in [0.4, 0.5) is 5.13 Å². The van der Waals surface area contributed by atoms with Gasteiger partial charge in [0.15, 0.2) is 0 Å². The highest BCUT2D eigenvalue weighted by molar-refractivity contribution is 7.93. The second-order valence-corrected chi connectivity index (χ2v) is 8.74. The third-order valence-electron chi connectivity index (χ3n) is 3.29. The molecule has 0 aliphatic carbocycles. The molecule has 0 fully saturated rings. The van der Waals surface area contributed by atoms with Gasteiger partial charge in [0.25, 0.3) is 10.0 Å². The van der Waals surface area contributed by atoms with Gasteiger partial charge in [-0.1, -0.05) is 22.9 Å². The molecule has 2 aromatic carbocycles. The number of ether oxygens (including phenoxy) is 1. The standard InChI is InChI=1S/C16H7Cl2N5O3S2/c17-13-6-11(2-1-9(13)7-19)26-14-4-3-12(5-10(14)8-20)28(24,25)23-16-22-21-15(18)27-16/h1-6H,(H,22,23). The smallest absolute Gasteiger partial charge is 0.263 e. The van der Waals surface area contributed by atoms with Gasteiger partial charge < -0.3 is 4.74 Å². The summed E-state index contributed by atoms with van der Waals surface area (Å²) in [6, 6.07) is 12.0. The number of hydrogen-bond donors (Lipinski definition) is 1. The molecule has 0 unspecified atom stereocenters. The first kappa shape index (κ1) is 19.9. The summed E-state index contributed by atoms with van der Waals surface area (Å²) >= 11 is 12.4. The van der Waals surface area contributed by atoms with Crippen LogP contribution in [-0.4, -0.2) is 18.6 Å². The SMILES string of the molecule is N#Cc1ccc(Oc2ccc(S(=O)(=O)Nc3nnc(Cl)s3)cc2C#N)cc1Cl. The van der Waals surface area contributed by atoms with E-state index >= 15 is 0 Å². The predicted octanol–water partition coefficient (Wildman–Crippen LogP) is 4.18. The van der Waals surface area contributed by atoms with Gasteiger partial charge >= 0.3 is 0 Å². The molecule has 3 aromatic rings. The molecule has 0 saturated heterocycles. The highest BCUT2D eigenvalue weighted by Crippen LogP contribution is 2.31. The van der Waals surface area contributed by atoms with Crippen molar-refractivity contribution in [2.24, 2.45) is 0 Å². The lowest BCUT2D eigenvalue weighted by Crippen LogP contribution is -2.13. The van der Waals surface area contributed by atoms with Crippen molar-refractivity contribution in [1.29, 1.82) is 10.5 Å². The summed E-state index contributed by atoms with van der Waals surface area (Å²) in [6.07, 6.45) is 0. The van der Waals surface area contributed by atoms with Crippen LogP contribution in [0.1, 0.15) is 11.1 Å². The van der Waals surface area contributed by atoms with Crippen molar-refractivity contribution in [2.75, 3.05) is 4.72 Å². The number of nitrogens with one attached hydrogen (secondary N) is 1. The minimum absolute atomic E-state index is 0.00365. The highest BCUT2D eigenvalue weighted by Gasteiger charge is 2.19. The Labute approximate surface area is 173 Å². The first-order chi connectivity index (χ1) is 13.3. The number of hydrogen-bond acceptors (Lipinski definition) is 8. The zero-order chi connectivity index (χ0) is 20.3. The van der Waals surface area contributed by atoms with Crippen LogP contribution in [-0.2, 0) is 10.0 Å². The quantitative estimate of drug-likeness (QED) is 0.615. The molecule has 28 heavy (non-hydrogen) atoms. The summed E-state index contributed by atoms with van der Waals surface area (Å²) < 4.78 is 32.8. The number of halogens is 2. The summed E-state index contributed by atoms with van der Waals surface area (Å²) in [4.78, 5) is -0.166. The second-order valence-electron chi connectivity index (χ2n) is 5.09. The van der Waals surface area contributed by atoms with Gasteiger partial charge in [-0.15, -0.1) is 10.2 Å². The number of rotatable bonds is 5. The minimum atomic E-state index is -4.00. The lowest BCUT2D eigenvalue weighted by atomic mass is 10.2. The molecule has 0 amide bonds. The largest absolute Gasteiger partial charge is 0.456 e. The van der Waals surface area contributed by atoms with E-state index in [4.69, 9.17) is 33.2 Å². The molecule has 0 bridgehead atoms. The molecule has 1 N–H and O–H groups in total. The second kappa shape index (κ2) is 8.00. The van der Waals surface area contributed by atoms with Crippen LogP contribution in [0.2, 0.25) is 9.49 Å². The molecule has 12 heteroatoms. The maximum absolute atomic E-state index is 12.5. The molecule has 0 radical (unpaired) electrons. The summed E-state index contributed by atoms with van der Waals surface area (Å²) in [5.74, 6) is 0.416. The van der Waals surface area contributed by atoms with Gasteiger partial charge in [0.1, 0.15) is 23.6 Å². The first-order valence-corrected chi connectivity index (χ1v) is 10.3. The number of sulfonamides is 1. The Morgan fingerprint density at radius 3 is 2.39 bits per heavy atom. The third-order valence-corrected chi connectivity index (χ3v) is 6.01. The zero-order valence-corrected chi connectivity index (χ0v) is 16.7. The maximum Gasteiger partial charge on any atom is 0.263 e. The molecular formula is C16H7Cl2N5O3S2. The normalized spacial score (nSPS) is 10.7. The van der Waals surface area contributed by atoms with E-state index in [1.807, 2.05) is 12.1 Å². The Morgan fingerprint density at radius 2 is 1.79 bits per heavy atom. The molecule has 3 rings (SSSR count). The van der Waals surface area contributed by atoms with Crippen molar-refractivity contribution in [3.05, 3.63) is 57.0 Å². The van der Waals surface area contributed by atoms with E-state index < -0.39 is 10.0 Å². The molecule has 1 aromatic heterocycles. The van der Waals surface area contributed by atoms with Crippen molar-refractivity contribution in [3.8, 4) is 23.6 Å². The van der Waals surface area contributed by atoms with E-state index in [1.54, 1.807) is 0 Å². The molecule has 0 aliphatic rings. The van der Waals surface area contributed by atoms with Gasteiger partial charge in [0, 0.05) is 6.07 Å². The Balaban J connectivity index is 1.89. The van der Waals surface area contributed by atoms with E-state index in [0.29, 0.717) is 0 Å². The number of aromatic nitrogens is 2. The molecular weight excluding hydrogens is 445 g/mol. The van der Waals surface area contributed by atoms with Crippen LogP contribution in [0.15, 0.2) is 41.3 Å². The summed E-state index contributed by atoms with van der Waals surface area (Å²) in [5.41, 5.74) is 0.262. The van der Waals surface area contributed by atoms with Crippen LogP contribution in [0.5, 0.6) is 11.5 Å². The Kier molecular flexibility index (Phi) is 5.68. The van der Waals surface area contributed by atoms with E-state index in [-0.39, 0.29) is 42.1 Å². The predicted molar refractivity (Wildman–Crippen MR) is 103 cm³/mol. The van der Waals surface area contributed by atoms with Crippen LogP contribution in [0, 0.1) is 22.7 Å². The Hall–Kier alpha value is -2.89. The van der Waals surface area contributed by atoms with Crippen LogP contribution >= 0.6 is 34.5 Å². The number of nitriles is 2. The van der Waals surface area contributed by atoms with Crippen LogP contribution in [0.3, 0.4) is 0 Å². The summed E-state index contributed by atoms with van der Waals surface area (Å²) in [6.45, 7) is 0. The fraction of sp³-hybridized carbons (Fsp3) is 0. The van der Waals surface area contributed by atoms with Gasteiger partial charge in [0.05, 0.1) is 21.0 Å². The van der Waals surface area contributed by atoms with Crippen molar-refractivity contribution >= 4 is 49.7 Å². The minimum Gasteiger partial charge on any atom is -0.456 e. The Morgan fingerprint density at radius 1 is 1.04 bits per heavy atom. The average Bonchev–Trinajstić information content (AvgIpc) is 3.06. The lowest BCUT2D eigenvalue weighted by Gasteiger charge is -2.10. The molecule has 1 heterocycles. The van der Waals surface area contributed by atoms with E-state index in [2.05, 4.69) is 14.9 Å². The van der Waals surface area contributed by atoms with E-state index in [9.17, 15) is 13.7 Å². The fourth-order valence-electron chi connectivity index (χ4n) is 2.05. The molecule has 0 spiro atoms. The van der Waals surface area contributed by atoms with Gasteiger partial charge in [0.2, 0.25) is 9.60 Å². The average molecular weight is 452 g/mol. The van der Waals surface area contributed by atoms with Crippen LogP contribution in [0.25, 0.3) is 0 Å². The molecule has 0 saturated carbocycles. The molecule has 8 nitrogen and oxygen atoms in total. The summed E-state index contributed by atoms with van der Waals surface area (Å²) in [7, 11) is -4.00. The number of anilines is 1. The van der Waals surface area contributed by atoms with E-state index in [1.165, 1.54) is 30.3 Å². The van der Waals surface area contributed by atoms with Gasteiger partial charge in [-0.3, -0.25) is 4.72 Å². The highest BCUT2D eigenvalue weighted by atomic mass is 35.5. The molecule has 0 atom stereocenters. The molecule has 140 valence electrons. The number of benzene rings is 2. The van der Waals surface area contributed by atoms with Gasteiger partial charge in [-0.2, -0.15) is 10.5 Å². The molecule has 0 aliphatic heterocycles. The van der Waals surface area contributed by atoms with Crippen molar-refractivity contribution in [1.82, 2.24) is 10.2 Å². The Bertz CT molecular complexity index is 1250. The zero-order valence-electron chi connectivity index (χ0n) is 13.6.